The summed E-state index contributed by atoms with van der Waals surface area (Å²) in [4.78, 5) is 0. The van der Waals surface area contributed by atoms with E-state index < -0.39 is 10.0 Å². The van der Waals surface area contributed by atoms with Gasteiger partial charge in [-0.25, -0.2) is 13.1 Å². The van der Waals surface area contributed by atoms with E-state index in [0.717, 1.165) is 5.56 Å². The number of aryl methyl sites for hydroxylation is 1. The summed E-state index contributed by atoms with van der Waals surface area (Å²) in [5.41, 5.74) is 1.37. The average molecular weight is 301 g/mol. The monoisotopic (exact) mass is 300 g/mol. The van der Waals surface area contributed by atoms with Crippen LogP contribution in [-0.2, 0) is 22.3 Å². The van der Waals surface area contributed by atoms with E-state index in [1.54, 1.807) is 37.3 Å². The molecule has 0 saturated carbocycles. The van der Waals surface area contributed by atoms with E-state index in [9.17, 15) is 8.42 Å². The molecule has 0 amide bonds. The van der Waals surface area contributed by atoms with Gasteiger partial charge in [0.1, 0.15) is 5.75 Å². The highest BCUT2D eigenvalue weighted by atomic mass is 35.5. The lowest BCUT2D eigenvalue weighted by atomic mass is 10.2. The molecular formula is C12H13ClN2O3S. The Balaban J connectivity index is 2.00. The van der Waals surface area contributed by atoms with Crippen LogP contribution >= 0.6 is 11.6 Å². The molecule has 0 aliphatic carbocycles. The molecule has 2 rings (SSSR count). The highest BCUT2D eigenvalue weighted by Crippen LogP contribution is 2.15. The van der Waals surface area contributed by atoms with Crippen LogP contribution in [-0.4, -0.2) is 13.6 Å². The predicted octanol–water partition coefficient (Wildman–Crippen LogP) is 2.26. The van der Waals surface area contributed by atoms with Gasteiger partial charge in [0.15, 0.2) is 5.76 Å². The predicted molar refractivity (Wildman–Crippen MR) is 72.2 cm³/mol. The Bertz CT molecular complexity index is 667. The van der Waals surface area contributed by atoms with E-state index in [-0.39, 0.29) is 12.3 Å². The molecule has 0 aliphatic rings. The molecule has 0 spiro atoms. The Morgan fingerprint density at radius 1 is 1.37 bits per heavy atom. The van der Waals surface area contributed by atoms with E-state index in [0.29, 0.717) is 16.5 Å². The maximum absolute atomic E-state index is 11.9. The van der Waals surface area contributed by atoms with Gasteiger partial charge in [-0.15, -0.1) is 0 Å². The summed E-state index contributed by atoms with van der Waals surface area (Å²) >= 11 is 5.95. The SMILES string of the molecule is Cc1cc(CS(=O)(=O)NCc2ccccc2Cl)on1. The van der Waals surface area contributed by atoms with Crippen LogP contribution < -0.4 is 4.72 Å². The zero-order valence-corrected chi connectivity index (χ0v) is 11.8. The van der Waals surface area contributed by atoms with Gasteiger partial charge >= 0.3 is 0 Å². The number of hydrogen-bond donors (Lipinski definition) is 1. The van der Waals surface area contributed by atoms with Crippen molar-refractivity contribution < 1.29 is 12.9 Å². The topological polar surface area (TPSA) is 72.2 Å². The molecule has 1 N–H and O–H groups in total. The molecular weight excluding hydrogens is 288 g/mol. The maximum Gasteiger partial charge on any atom is 0.219 e. The van der Waals surface area contributed by atoms with Crippen LogP contribution in [0.5, 0.6) is 0 Å². The fraction of sp³-hybridized carbons (Fsp3) is 0.250. The van der Waals surface area contributed by atoms with E-state index in [4.69, 9.17) is 16.1 Å². The van der Waals surface area contributed by atoms with Gasteiger partial charge in [0.25, 0.3) is 0 Å². The van der Waals surface area contributed by atoms with Gasteiger partial charge in [0.2, 0.25) is 10.0 Å². The third-order valence-corrected chi connectivity index (χ3v) is 4.07. The highest BCUT2D eigenvalue weighted by molar-refractivity contribution is 7.88. The fourth-order valence-corrected chi connectivity index (χ4v) is 2.74. The molecule has 0 atom stereocenters. The first kappa shape index (κ1) is 14.0. The Labute approximate surface area is 116 Å². The number of nitrogens with zero attached hydrogens (tertiary/aromatic N) is 1. The van der Waals surface area contributed by atoms with Gasteiger partial charge in [-0.05, 0) is 18.6 Å². The van der Waals surface area contributed by atoms with Crippen molar-refractivity contribution in [1.29, 1.82) is 0 Å². The van der Waals surface area contributed by atoms with Gasteiger partial charge in [0.05, 0.1) is 5.69 Å². The standard InChI is InChI=1S/C12H13ClN2O3S/c1-9-6-11(18-15-9)8-19(16,17)14-7-10-4-2-3-5-12(10)13/h2-6,14H,7-8H2,1H3. The molecule has 102 valence electrons. The number of halogens is 1. The van der Waals surface area contributed by atoms with Gasteiger partial charge in [0, 0.05) is 17.6 Å². The normalized spacial score (nSPS) is 11.7. The molecule has 0 unspecified atom stereocenters. The van der Waals surface area contributed by atoms with Crippen molar-refractivity contribution in [2.45, 2.75) is 19.2 Å². The maximum atomic E-state index is 11.9. The minimum atomic E-state index is -3.48. The van der Waals surface area contributed by atoms with Crippen molar-refractivity contribution >= 4 is 21.6 Å². The van der Waals surface area contributed by atoms with Crippen LogP contribution in [0.3, 0.4) is 0 Å². The largest absolute Gasteiger partial charge is 0.360 e. The van der Waals surface area contributed by atoms with Gasteiger partial charge < -0.3 is 4.52 Å². The second kappa shape index (κ2) is 5.73. The summed E-state index contributed by atoms with van der Waals surface area (Å²) in [7, 11) is -3.48. The molecule has 0 bridgehead atoms. The van der Waals surface area contributed by atoms with Crippen LogP contribution in [0.2, 0.25) is 5.02 Å². The first-order valence-corrected chi connectivity index (χ1v) is 7.62. The molecule has 7 heteroatoms. The van der Waals surface area contributed by atoms with Crippen LogP contribution in [0.15, 0.2) is 34.9 Å². The Hall–Kier alpha value is -1.37. The molecule has 19 heavy (non-hydrogen) atoms. The molecule has 1 heterocycles. The minimum absolute atomic E-state index is 0.148. The van der Waals surface area contributed by atoms with Crippen molar-refractivity contribution in [1.82, 2.24) is 9.88 Å². The first-order valence-electron chi connectivity index (χ1n) is 5.59. The molecule has 0 radical (unpaired) electrons. The van der Waals surface area contributed by atoms with Gasteiger partial charge in [-0.1, -0.05) is 35.0 Å². The Morgan fingerprint density at radius 3 is 2.74 bits per heavy atom. The molecule has 0 saturated heterocycles. The van der Waals surface area contributed by atoms with Crippen LogP contribution in [0.25, 0.3) is 0 Å². The third-order valence-electron chi connectivity index (χ3n) is 2.45. The summed E-state index contributed by atoms with van der Waals surface area (Å²) in [6.45, 7) is 1.88. The smallest absolute Gasteiger partial charge is 0.219 e. The second-order valence-corrected chi connectivity index (χ2v) is 6.32. The molecule has 1 aromatic heterocycles. The number of sulfonamides is 1. The van der Waals surface area contributed by atoms with Crippen LogP contribution in [0, 0.1) is 6.92 Å². The summed E-state index contributed by atoms with van der Waals surface area (Å²) in [5, 5.41) is 4.17. The second-order valence-electron chi connectivity index (χ2n) is 4.11. The van der Waals surface area contributed by atoms with Crippen molar-refractivity contribution in [2.24, 2.45) is 0 Å². The van der Waals surface area contributed by atoms with Crippen LogP contribution in [0.1, 0.15) is 17.0 Å². The van der Waals surface area contributed by atoms with Gasteiger partial charge in [-0.2, -0.15) is 0 Å². The zero-order chi connectivity index (χ0) is 13.9. The summed E-state index contributed by atoms with van der Waals surface area (Å²) in [5.74, 6) is 0.0716. The minimum Gasteiger partial charge on any atom is -0.360 e. The number of benzene rings is 1. The van der Waals surface area contributed by atoms with E-state index in [1.807, 2.05) is 0 Å². The van der Waals surface area contributed by atoms with Crippen molar-refractivity contribution in [3.05, 3.63) is 52.4 Å². The van der Waals surface area contributed by atoms with Crippen molar-refractivity contribution in [3.63, 3.8) is 0 Å². The average Bonchev–Trinajstić information content (AvgIpc) is 2.73. The number of aromatic nitrogens is 1. The molecule has 0 fully saturated rings. The molecule has 0 aliphatic heterocycles. The molecule has 1 aromatic carbocycles. The number of nitrogens with one attached hydrogen (secondary N) is 1. The van der Waals surface area contributed by atoms with E-state index in [1.165, 1.54) is 0 Å². The Morgan fingerprint density at radius 2 is 2.11 bits per heavy atom. The lowest BCUT2D eigenvalue weighted by molar-refractivity contribution is 0.388. The van der Waals surface area contributed by atoms with Crippen molar-refractivity contribution in [2.75, 3.05) is 0 Å². The summed E-state index contributed by atoms with van der Waals surface area (Å²) in [6, 6.07) is 8.66. The van der Waals surface area contributed by atoms with Crippen LogP contribution in [0.4, 0.5) is 0 Å². The van der Waals surface area contributed by atoms with E-state index >= 15 is 0 Å². The lowest BCUT2D eigenvalue weighted by Gasteiger charge is -2.06. The number of rotatable bonds is 5. The highest BCUT2D eigenvalue weighted by Gasteiger charge is 2.15. The fourth-order valence-electron chi connectivity index (χ4n) is 1.55. The lowest BCUT2D eigenvalue weighted by Crippen LogP contribution is -2.24. The molecule has 2 aromatic rings. The molecule has 5 nitrogen and oxygen atoms in total. The zero-order valence-electron chi connectivity index (χ0n) is 10.3. The third kappa shape index (κ3) is 4.05. The van der Waals surface area contributed by atoms with E-state index in [2.05, 4.69) is 9.88 Å². The first-order chi connectivity index (χ1) is 8.96. The Kier molecular flexibility index (Phi) is 4.24. The quantitative estimate of drug-likeness (QED) is 0.919. The summed E-state index contributed by atoms with van der Waals surface area (Å²) < 4.78 is 31.1. The number of hydrogen-bond acceptors (Lipinski definition) is 4. The van der Waals surface area contributed by atoms with Gasteiger partial charge in [-0.3, -0.25) is 0 Å². The summed E-state index contributed by atoms with van der Waals surface area (Å²) in [6.07, 6.45) is 0. The van der Waals surface area contributed by atoms with Crippen molar-refractivity contribution in [3.8, 4) is 0 Å².